The van der Waals surface area contributed by atoms with Gasteiger partial charge in [-0.2, -0.15) is 0 Å². The quantitative estimate of drug-likeness (QED) is 0.571. The molecule has 2 heteroatoms. The summed E-state index contributed by atoms with van der Waals surface area (Å²) in [7, 11) is -0.308. The SMILES string of the molecule is CCO[SiH2]C(C)(C)C(C)C. The highest BCUT2D eigenvalue weighted by Crippen LogP contribution is 2.32. The van der Waals surface area contributed by atoms with Crippen LogP contribution in [0.5, 0.6) is 0 Å². The van der Waals surface area contributed by atoms with Crippen molar-refractivity contribution in [1.29, 1.82) is 0 Å². The van der Waals surface area contributed by atoms with E-state index in [1.54, 1.807) is 0 Å². The Bertz CT molecular complexity index is 89.3. The molecule has 62 valence electrons. The fraction of sp³-hybridized carbons (Fsp3) is 1.00. The van der Waals surface area contributed by atoms with Crippen LogP contribution in [-0.2, 0) is 4.43 Å². The Kier molecular flexibility index (Phi) is 4.21. The molecule has 0 rings (SSSR count). The fourth-order valence-electron chi connectivity index (χ4n) is 0.532. The summed E-state index contributed by atoms with van der Waals surface area (Å²) in [4.78, 5) is 0. The molecular weight excluding hydrogens is 140 g/mol. The number of hydrogen-bond donors (Lipinski definition) is 0. The van der Waals surface area contributed by atoms with Gasteiger partial charge < -0.3 is 4.43 Å². The van der Waals surface area contributed by atoms with Crippen molar-refractivity contribution >= 4 is 9.76 Å². The van der Waals surface area contributed by atoms with Crippen LogP contribution in [-0.4, -0.2) is 16.4 Å². The van der Waals surface area contributed by atoms with E-state index in [0.29, 0.717) is 5.04 Å². The molecule has 0 saturated carbocycles. The van der Waals surface area contributed by atoms with E-state index in [1.165, 1.54) is 0 Å². The third kappa shape index (κ3) is 3.37. The predicted octanol–water partition coefficient (Wildman–Crippen LogP) is 1.96. The summed E-state index contributed by atoms with van der Waals surface area (Å²) >= 11 is 0. The van der Waals surface area contributed by atoms with Crippen molar-refractivity contribution < 1.29 is 4.43 Å². The van der Waals surface area contributed by atoms with E-state index >= 15 is 0 Å². The first-order valence-corrected chi connectivity index (χ1v) is 5.37. The molecule has 0 spiro atoms. The van der Waals surface area contributed by atoms with Crippen molar-refractivity contribution in [1.82, 2.24) is 0 Å². The minimum atomic E-state index is -0.308. The normalized spacial score (nSPS) is 13.8. The van der Waals surface area contributed by atoms with Crippen LogP contribution in [0.15, 0.2) is 0 Å². The molecule has 0 aliphatic heterocycles. The van der Waals surface area contributed by atoms with Gasteiger partial charge in [-0.1, -0.05) is 27.7 Å². The lowest BCUT2D eigenvalue weighted by Gasteiger charge is -2.27. The Morgan fingerprint density at radius 3 is 2.20 bits per heavy atom. The molecule has 0 saturated heterocycles. The van der Waals surface area contributed by atoms with Crippen molar-refractivity contribution in [3.8, 4) is 0 Å². The summed E-state index contributed by atoms with van der Waals surface area (Å²) in [5.74, 6) is 0.755. The molecule has 0 aliphatic rings. The molecule has 0 fully saturated rings. The molecule has 0 aromatic heterocycles. The first kappa shape index (κ1) is 10.2. The second-order valence-corrected chi connectivity index (χ2v) is 6.30. The van der Waals surface area contributed by atoms with Gasteiger partial charge >= 0.3 is 0 Å². The van der Waals surface area contributed by atoms with Crippen LogP contribution >= 0.6 is 0 Å². The van der Waals surface area contributed by atoms with Crippen LogP contribution in [0, 0.1) is 5.92 Å². The fourth-order valence-corrected chi connectivity index (χ4v) is 1.60. The Hall–Kier alpha value is 0.177. The molecule has 0 unspecified atom stereocenters. The molecule has 0 heterocycles. The van der Waals surface area contributed by atoms with E-state index < -0.39 is 0 Å². The first-order chi connectivity index (χ1) is 4.50. The second kappa shape index (κ2) is 4.14. The summed E-state index contributed by atoms with van der Waals surface area (Å²) < 4.78 is 5.50. The van der Waals surface area contributed by atoms with Crippen molar-refractivity contribution in [2.24, 2.45) is 5.92 Å². The van der Waals surface area contributed by atoms with Crippen molar-refractivity contribution in [2.45, 2.75) is 39.7 Å². The van der Waals surface area contributed by atoms with Gasteiger partial charge in [0.15, 0.2) is 9.76 Å². The summed E-state index contributed by atoms with van der Waals surface area (Å²) in [6.45, 7) is 12.1. The predicted molar refractivity (Wildman–Crippen MR) is 49.0 cm³/mol. The largest absolute Gasteiger partial charge is 0.424 e. The second-order valence-electron chi connectivity index (χ2n) is 3.78. The zero-order valence-corrected chi connectivity index (χ0v) is 9.31. The maximum Gasteiger partial charge on any atom is 0.167 e. The lowest BCUT2D eigenvalue weighted by Crippen LogP contribution is -2.21. The molecule has 1 nitrogen and oxygen atoms in total. The highest BCUT2D eigenvalue weighted by atomic mass is 28.2. The lowest BCUT2D eigenvalue weighted by atomic mass is 9.99. The van der Waals surface area contributed by atoms with Crippen LogP contribution in [0.2, 0.25) is 5.04 Å². The molecule has 0 aromatic rings. The van der Waals surface area contributed by atoms with Gasteiger partial charge in [-0.3, -0.25) is 0 Å². The van der Waals surface area contributed by atoms with Gasteiger partial charge in [0.2, 0.25) is 0 Å². The Balaban J connectivity index is 3.63. The van der Waals surface area contributed by atoms with Crippen LogP contribution in [0.1, 0.15) is 34.6 Å². The standard InChI is InChI=1S/C8H20OSi/c1-6-9-10-8(4,5)7(2)3/h7H,6,10H2,1-5H3. The maximum atomic E-state index is 5.50. The van der Waals surface area contributed by atoms with Gasteiger partial charge in [0.25, 0.3) is 0 Å². The molecule has 0 radical (unpaired) electrons. The van der Waals surface area contributed by atoms with Gasteiger partial charge in [0.1, 0.15) is 0 Å². The lowest BCUT2D eigenvalue weighted by molar-refractivity contribution is 0.319. The highest BCUT2D eigenvalue weighted by Gasteiger charge is 2.22. The van der Waals surface area contributed by atoms with Gasteiger partial charge in [0.05, 0.1) is 0 Å². The van der Waals surface area contributed by atoms with Gasteiger partial charge in [-0.15, -0.1) is 0 Å². The monoisotopic (exact) mass is 160 g/mol. The highest BCUT2D eigenvalue weighted by molar-refractivity contribution is 6.32. The van der Waals surface area contributed by atoms with Crippen molar-refractivity contribution in [3.63, 3.8) is 0 Å². The van der Waals surface area contributed by atoms with Crippen LogP contribution < -0.4 is 0 Å². The average Bonchev–Trinajstić information content (AvgIpc) is 1.84. The molecule has 0 aliphatic carbocycles. The van der Waals surface area contributed by atoms with E-state index in [-0.39, 0.29) is 9.76 Å². The minimum absolute atomic E-state index is 0.308. The van der Waals surface area contributed by atoms with Gasteiger partial charge in [0, 0.05) is 6.61 Å². The summed E-state index contributed by atoms with van der Waals surface area (Å²) in [6, 6.07) is 0. The first-order valence-electron chi connectivity index (χ1n) is 4.08. The minimum Gasteiger partial charge on any atom is -0.424 e. The zero-order valence-electron chi connectivity index (χ0n) is 7.90. The van der Waals surface area contributed by atoms with Gasteiger partial charge in [-0.05, 0) is 17.9 Å². The van der Waals surface area contributed by atoms with Crippen LogP contribution in [0.4, 0.5) is 0 Å². The molecular formula is C8H20OSi. The summed E-state index contributed by atoms with van der Waals surface area (Å²) in [5.41, 5.74) is 0. The van der Waals surface area contributed by atoms with Crippen LogP contribution in [0.3, 0.4) is 0 Å². The maximum absolute atomic E-state index is 5.50. The molecule has 0 amide bonds. The summed E-state index contributed by atoms with van der Waals surface area (Å²) in [6.07, 6.45) is 0. The van der Waals surface area contributed by atoms with E-state index in [4.69, 9.17) is 4.43 Å². The van der Waals surface area contributed by atoms with E-state index in [0.717, 1.165) is 12.5 Å². The van der Waals surface area contributed by atoms with Gasteiger partial charge in [-0.25, -0.2) is 0 Å². The third-order valence-corrected chi connectivity index (χ3v) is 4.41. The van der Waals surface area contributed by atoms with Crippen molar-refractivity contribution in [2.75, 3.05) is 6.61 Å². The average molecular weight is 160 g/mol. The Labute approximate surface area is 67.1 Å². The smallest absolute Gasteiger partial charge is 0.167 e. The van der Waals surface area contributed by atoms with Crippen LogP contribution in [0.25, 0.3) is 0 Å². The Morgan fingerprint density at radius 2 is 1.90 bits per heavy atom. The molecule has 0 atom stereocenters. The zero-order chi connectivity index (χ0) is 8.20. The van der Waals surface area contributed by atoms with E-state index in [9.17, 15) is 0 Å². The van der Waals surface area contributed by atoms with Crippen molar-refractivity contribution in [3.05, 3.63) is 0 Å². The topological polar surface area (TPSA) is 9.23 Å². The van der Waals surface area contributed by atoms with E-state index in [1.807, 2.05) is 0 Å². The summed E-state index contributed by atoms with van der Waals surface area (Å²) in [5, 5.41) is 0.468. The number of hydrogen-bond acceptors (Lipinski definition) is 1. The molecule has 0 aromatic carbocycles. The molecule has 10 heavy (non-hydrogen) atoms. The number of rotatable bonds is 4. The Morgan fingerprint density at radius 1 is 1.40 bits per heavy atom. The third-order valence-electron chi connectivity index (χ3n) is 2.24. The molecule has 0 N–H and O–H groups in total. The molecule has 0 bridgehead atoms. The van der Waals surface area contributed by atoms with E-state index in [2.05, 4.69) is 34.6 Å².